The predicted molar refractivity (Wildman–Crippen MR) is 204 cm³/mol. The van der Waals surface area contributed by atoms with Gasteiger partial charge in [0.15, 0.2) is 12.3 Å². The largest absolute Gasteiger partial charge is 0.744 e. The van der Waals surface area contributed by atoms with Gasteiger partial charge in [0.1, 0.15) is 16.7 Å². The van der Waals surface area contributed by atoms with Crippen molar-refractivity contribution < 1.29 is 30.5 Å². The molecule has 0 saturated carbocycles. The number of hydrogen-bond donors (Lipinski definition) is 1. The Kier molecular flexibility index (Phi) is 13.5. The van der Waals surface area contributed by atoms with Crippen molar-refractivity contribution in [2.24, 2.45) is 0 Å². The van der Waals surface area contributed by atoms with E-state index in [1.54, 1.807) is 12.1 Å². The average molecular weight is 754 g/mol. The maximum atomic E-state index is 11.7. The Bertz CT molecular complexity index is 2300. The van der Waals surface area contributed by atoms with Gasteiger partial charge in [-0.15, -0.1) is 0 Å². The molecule has 8 nitrogen and oxygen atoms in total. The fourth-order valence-electron chi connectivity index (χ4n) is 6.17. The predicted octanol–water partition coefficient (Wildman–Crippen LogP) is 7.44. The summed E-state index contributed by atoms with van der Waals surface area (Å²) in [5.41, 5.74) is 9.30. The van der Waals surface area contributed by atoms with Crippen molar-refractivity contribution >= 4 is 78.4 Å². The monoisotopic (exact) mass is 753 g/mol. The van der Waals surface area contributed by atoms with E-state index in [2.05, 4.69) is 47.6 Å². The van der Waals surface area contributed by atoms with Crippen LogP contribution in [0, 0.1) is 6.92 Å². The van der Waals surface area contributed by atoms with Crippen molar-refractivity contribution in [3.05, 3.63) is 153 Å². The van der Waals surface area contributed by atoms with Crippen molar-refractivity contribution in [1.29, 1.82) is 0 Å². The van der Waals surface area contributed by atoms with Crippen LogP contribution in [0.3, 0.4) is 0 Å². The fourth-order valence-corrected chi connectivity index (χ4v) is 7.49. The number of benzene rings is 4. The minimum absolute atomic E-state index is 0. The molecule has 0 fully saturated rings. The molecule has 1 N–H and O–H groups in total. The third kappa shape index (κ3) is 9.77. The van der Waals surface area contributed by atoms with Gasteiger partial charge in [-0.25, -0.2) is 13.0 Å². The summed E-state index contributed by atoms with van der Waals surface area (Å²) < 4.78 is 69.9. The van der Waals surface area contributed by atoms with Crippen molar-refractivity contribution in [3.8, 4) is 0 Å². The zero-order valence-electron chi connectivity index (χ0n) is 29.3. The van der Waals surface area contributed by atoms with Crippen LogP contribution in [0.25, 0.3) is 5.57 Å². The van der Waals surface area contributed by atoms with Crippen LogP contribution in [0.4, 0.5) is 5.69 Å². The molecule has 0 bridgehead atoms. The molecule has 51 heavy (non-hydrogen) atoms. The second-order valence-electron chi connectivity index (χ2n) is 12.1. The van der Waals surface area contributed by atoms with E-state index < -0.39 is 20.2 Å². The topological polar surface area (TPSA) is 118 Å². The standard InChI is InChI=1S/C39H39ClN2O6S2.Na/c1-5-41(25-29-11-9-13-33(23-29)49(43,44)45)31-17-19-35(27(3)21-31)39(37-15-7-8-16-38(37)40)36-20-18-32(22-28(36)4)42(6-2)26-30-12-10-14-34(24-30)50(46,47)48;/h7-24H,5-6,25-26H2,1-4H3,(H-,43,44,45,46,47,48);. The van der Waals surface area contributed by atoms with Gasteiger partial charge in [-0.05, 0) is 110 Å². The molecule has 0 spiro atoms. The maximum absolute atomic E-state index is 11.7. The molecule has 1 aliphatic rings. The van der Waals surface area contributed by atoms with Gasteiger partial charge in [0.2, 0.25) is 0 Å². The van der Waals surface area contributed by atoms with Gasteiger partial charge in [-0.1, -0.05) is 60.1 Å². The van der Waals surface area contributed by atoms with Crippen LogP contribution >= 0.6 is 11.6 Å². The van der Waals surface area contributed by atoms with Crippen LogP contribution in [0.5, 0.6) is 0 Å². The van der Waals surface area contributed by atoms with Crippen molar-refractivity contribution in [2.75, 3.05) is 18.0 Å². The summed E-state index contributed by atoms with van der Waals surface area (Å²) in [5, 5.41) is 0.617. The van der Waals surface area contributed by atoms with Gasteiger partial charge in [0.25, 0.3) is 10.1 Å². The molecule has 4 aromatic rings. The number of allylic oxidation sites excluding steroid dienone is 5. The fraction of sp³-hybridized carbons (Fsp3) is 0.205. The Morgan fingerprint density at radius 1 is 0.824 bits per heavy atom. The van der Waals surface area contributed by atoms with Gasteiger partial charge >= 0.3 is 0 Å². The van der Waals surface area contributed by atoms with Crippen molar-refractivity contribution in [1.82, 2.24) is 0 Å². The van der Waals surface area contributed by atoms with Gasteiger partial charge in [0, 0.05) is 76.6 Å². The Morgan fingerprint density at radius 2 is 1.49 bits per heavy atom. The van der Waals surface area contributed by atoms with E-state index in [0.717, 1.165) is 55.9 Å². The van der Waals surface area contributed by atoms with E-state index in [0.29, 0.717) is 31.2 Å². The average Bonchev–Trinajstić information content (AvgIpc) is 3.07. The first-order valence-corrected chi connectivity index (χ1v) is 19.4. The van der Waals surface area contributed by atoms with Gasteiger partial charge in [0.05, 0.1) is 9.79 Å². The Balaban J connectivity index is 0.00000583. The Hall–Kier alpha value is -3.32. The van der Waals surface area contributed by atoms with Crippen LogP contribution in [-0.4, -0.2) is 78.9 Å². The van der Waals surface area contributed by atoms with E-state index >= 15 is 0 Å². The van der Waals surface area contributed by atoms with Crippen molar-refractivity contribution in [3.63, 3.8) is 0 Å². The smallest absolute Gasteiger partial charge is 0.294 e. The number of hydrogen-bond acceptors (Lipinski definition) is 6. The quantitative estimate of drug-likeness (QED) is 0.0962. The van der Waals surface area contributed by atoms with E-state index in [1.165, 1.54) is 24.3 Å². The molecule has 0 unspecified atom stereocenters. The molecule has 0 aliphatic heterocycles. The van der Waals surface area contributed by atoms with Gasteiger partial charge in [-0.2, -0.15) is 8.42 Å². The zero-order valence-corrected chi connectivity index (χ0v) is 33.7. The van der Waals surface area contributed by atoms with Gasteiger partial charge < -0.3 is 9.45 Å². The Labute approximate surface area is 328 Å². The molecule has 4 aromatic carbocycles. The third-order valence-electron chi connectivity index (χ3n) is 8.73. The second-order valence-corrected chi connectivity index (χ2v) is 15.3. The molecule has 0 heterocycles. The summed E-state index contributed by atoms with van der Waals surface area (Å²) in [4.78, 5) is 1.74. The summed E-state index contributed by atoms with van der Waals surface area (Å²) in [5.74, 6) is 0. The number of rotatable bonds is 11. The first-order chi connectivity index (χ1) is 23.7. The molecule has 0 amide bonds. The third-order valence-corrected chi connectivity index (χ3v) is 10.7. The molecule has 0 atom stereocenters. The van der Waals surface area contributed by atoms with E-state index in [9.17, 15) is 25.9 Å². The summed E-state index contributed by atoms with van der Waals surface area (Å²) in [6.07, 6.45) is 6.25. The van der Waals surface area contributed by atoms with Crippen LogP contribution in [0.1, 0.15) is 48.6 Å². The van der Waals surface area contributed by atoms with Crippen LogP contribution in [-0.2, 0) is 33.3 Å². The molecule has 5 rings (SSSR count). The van der Waals surface area contributed by atoms with E-state index in [1.807, 2.05) is 62.4 Å². The molecule has 1 aliphatic carbocycles. The number of halogens is 1. The zero-order chi connectivity index (χ0) is 36.2. The molecule has 12 heteroatoms. The molecule has 1 radical (unpaired) electrons. The normalized spacial score (nSPS) is 15.2. The van der Waals surface area contributed by atoms with Crippen molar-refractivity contribution in [2.45, 2.75) is 50.6 Å². The minimum Gasteiger partial charge on any atom is -0.744 e. The van der Waals surface area contributed by atoms with Gasteiger partial charge in [-0.3, -0.25) is 4.55 Å². The molecular formula is C39H39ClN2NaO6S2. The minimum atomic E-state index is -4.56. The van der Waals surface area contributed by atoms with Crippen LogP contribution < -0.4 is 4.90 Å². The maximum Gasteiger partial charge on any atom is 0.294 e. The molecule has 0 aromatic heterocycles. The first-order valence-electron chi connectivity index (χ1n) is 16.1. The van der Waals surface area contributed by atoms with E-state index in [-0.39, 0.29) is 39.3 Å². The summed E-state index contributed by atoms with van der Waals surface area (Å²) in [6.45, 7) is 10.4. The SMILES string of the molecule is CCN(Cc1cccc(S(=O)(=O)[O-])c1)c1ccc(/C(=C2/C=CC(=[N+](CC)Cc3cccc(S(=O)(=O)O)c3)C=C2C)c2ccccc2Cl)c(C)c1.[Na]. The summed E-state index contributed by atoms with van der Waals surface area (Å²) in [7, 11) is -8.87. The Morgan fingerprint density at radius 3 is 2.10 bits per heavy atom. The van der Waals surface area contributed by atoms with Crippen LogP contribution in [0.15, 0.2) is 130 Å². The van der Waals surface area contributed by atoms with E-state index in [4.69, 9.17) is 11.6 Å². The first kappa shape index (κ1) is 40.5. The number of anilines is 1. The molecule has 261 valence electrons. The molecular weight excluding hydrogens is 715 g/mol. The molecule has 0 saturated heterocycles. The summed E-state index contributed by atoms with van der Waals surface area (Å²) in [6, 6.07) is 26.4. The van der Waals surface area contributed by atoms with Crippen LogP contribution in [0.2, 0.25) is 5.02 Å². The number of nitrogens with zero attached hydrogens (tertiary/aromatic N) is 2. The number of aryl methyl sites for hydroxylation is 1. The second kappa shape index (κ2) is 17.0. The summed E-state index contributed by atoms with van der Waals surface area (Å²) >= 11 is 6.84.